The number of alkyl halides is 2. The van der Waals surface area contributed by atoms with Gasteiger partial charge in [-0.25, -0.2) is 4.79 Å². The monoisotopic (exact) mass is 725 g/mol. The Kier molecular flexibility index (Phi) is 9.48. The molecule has 0 bridgehead atoms. The molecule has 0 saturated carbocycles. The maximum Gasteiger partial charge on any atom is 0.350 e. The highest BCUT2D eigenvalue weighted by molar-refractivity contribution is 6.84. The van der Waals surface area contributed by atoms with Gasteiger partial charge in [-0.05, 0) is 58.9 Å². The van der Waals surface area contributed by atoms with Crippen molar-refractivity contribution in [1.29, 1.82) is 0 Å². The van der Waals surface area contributed by atoms with Crippen molar-refractivity contribution in [2.24, 2.45) is 0 Å². The lowest BCUT2D eigenvalue weighted by Gasteiger charge is -2.51. The number of methoxy groups -OCH3 is 1. The third kappa shape index (κ3) is 6.89. The Balaban J connectivity index is 1.32. The van der Waals surface area contributed by atoms with Crippen LogP contribution in [0, 0.1) is 6.92 Å². The molecule has 1 aromatic carbocycles. The van der Waals surface area contributed by atoms with Crippen LogP contribution in [0.3, 0.4) is 0 Å². The molecule has 11 nitrogen and oxygen atoms in total. The van der Waals surface area contributed by atoms with Crippen molar-refractivity contribution < 1.29 is 49.3 Å². The minimum Gasteiger partial charge on any atom is -0.497 e. The molecule has 0 radical (unpaired) electrons. The van der Waals surface area contributed by atoms with E-state index in [4.69, 9.17) is 35.7 Å². The Bertz CT molecular complexity index is 1820. The van der Waals surface area contributed by atoms with Crippen molar-refractivity contribution in [2.75, 3.05) is 13.6 Å². The first-order valence-corrected chi connectivity index (χ1v) is 20.5. The minimum atomic E-state index is -3.66. The van der Waals surface area contributed by atoms with Crippen LogP contribution in [0.2, 0.25) is 22.2 Å². The van der Waals surface area contributed by atoms with Crippen LogP contribution in [0.25, 0.3) is 11.0 Å². The Morgan fingerprint density at radius 3 is 2.37 bits per heavy atom. The number of ether oxygens (including phenoxy) is 3. The zero-order chi connectivity index (χ0) is 38.6. The van der Waals surface area contributed by atoms with E-state index in [0.29, 0.717) is 21.1 Å². The molecule has 0 aliphatic carbocycles. The molecule has 0 unspecified atom stereocenters. The third-order valence-corrected chi connectivity index (χ3v) is 19.7. The second-order valence-corrected chi connectivity index (χ2v) is 23.0. The van der Waals surface area contributed by atoms with Crippen molar-refractivity contribution in [2.45, 2.75) is 122 Å². The number of fused-ring (bicyclic) bond motifs is 2. The van der Waals surface area contributed by atoms with Crippen LogP contribution < -0.4 is 10.4 Å². The fourth-order valence-corrected chi connectivity index (χ4v) is 18.1. The van der Waals surface area contributed by atoms with Gasteiger partial charge in [0, 0.05) is 11.6 Å². The van der Waals surface area contributed by atoms with Gasteiger partial charge in [0.2, 0.25) is 6.23 Å². The van der Waals surface area contributed by atoms with Crippen LogP contribution in [0.15, 0.2) is 39.7 Å². The predicted molar refractivity (Wildman–Crippen MR) is 182 cm³/mol. The standard InChI is InChI=1S/C34H48F2N2O9Si2/c1-19(2)48(20(3)4)43-18-28-31(46-49(47-48,21(5)6)22(7)8)34(35,36)32(45-28)38-12-11-25(37-33(38)40)16-29(39)42-17-27-15-24-14-26(41-10)13-23(9)30(24)44-27/h11-15,19-22,28,31-32H,16-18H2,1-10H3/t28-,31-,32-/m1/s1/i10D3. The average molecular weight is 726 g/mol. The number of hydrogen-bond donors (Lipinski definition) is 0. The van der Waals surface area contributed by atoms with Gasteiger partial charge in [-0.2, -0.15) is 13.8 Å². The number of halogens is 2. The maximum atomic E-state index is 16.4. The van der Waals surface area contributed by atoms with Gasteiger partial charge in [-0.3, -0.25) is 9.36 Å². The first-order chi connectivity index (χ1) is 24.1. The second-order valence-electron chi connectivity index (χ2n) is 14.1. The van der Waals surface area contributed by atoms with E-state index in [2.05, 4.69) is 4.98 Å². The van der Waals surface area contributed by atoms with Crippen LogP contribution >= 0.6 is 0 Å². The molecule has 0 N–H and O–H groups in total. The molecule has 0 amide bonds. The fraction of sp³-hybridized carbons (Fsp3) is 0.618. The van der Waals surface area contributed by atoms with E-state index in [1.54, 1.807) is 13.0 Å². The lowest BCUT2D eigenvalue weighted by Crippen LogP contribution is -2.66. The normalized spacial score (nSPS) is 24.4. The predicted octanol–water partition coefficient (Wildman–Crippen LogP) is 7.08. The van der Waals surface area contributed by atoms with Crippen LogP contribution in [-0.4, -0.2) is 64.4 Å². The molecule has 3 atom stereocenters. The summed E-state index contributed by atoms with van der Waals surface area (Å²) in [6, 6.07) is 5.91. The van der Waals surface area contributed by atoms with Gasteiger partial charge in [0.1, 0.15) is 35.9 Å². The van der Waals surface area contributed by atoms with E-state index in [-0.39, 0.29) is 52.6 Å². The number of carbonyl (C=O) groups excluding carboxylic acids is 1. The first kappa shape index (κ1) is 33.2. The van der Waals surface area contributed by atoms with E-state index < -0.39 is 66.6 Å². The molecule has 5 rings (SSSR count). The summed E-state index contributed by atoms with van der Waals surface area (Å²) in [7, 11) is -9.03. The number of esters is 1. The molecule has 4 heterocycles. The topological polar surface area (TPSA) is 120 Å². The number of aromatic nitrogens is 2. The Labute approximate surface area is 291 Å². The number of hydrogen-bond acceptors (Lipinski definition) is 10. The highest BCUT2D eigenvalue weighted by Crippen LogP contribution is 2.52. The first-order valence-electron chi connectivity index (χ1n) is 18.1. The largest absolute Gasteiger partial charge is 0.497 e. The summed E-state index contributed by atoms with van der Waals surface area (Å²) >= 11 is 0. The van der Waals surface area contributed by atoms with Crippen molar-refractivity contribution in [1.82, 2.24) is 9.55 Å². The van der Waals surface area contributed by atoms with Crippen molar-refractivity contribution in [3.05, 3.63) is 58.0 Å². The fourth-order valence-electron chi connectivity index (χ4n) is 6.93. The number of carbonyl (C=O) groups is 1. The van der Waals surface area contributed by atoms with Crippen molar-refractivity contribution in [3.8, 4) is 5.75 Å². The third-order valence-electron chi connectivity index (χ3n) is 9.46. The average Bonchev–Trinajstić information content (AvgIpc) is 3.52. The lowest BCUT2D eigenvalue weighted by atomic mass is 10.1. The molecule has 2 aliphatic rings. The Morgan fingerprint density at radius 1 is 1.08 bits per heavy atom. The summed E-state index contributed by atoms with van der Waals surface area (Å²) < 4.78 is 97.7. The van der Waals surface area contributed by atoms with Gasteiger partial charge in [0.25, 0.3) is 0 Å². The van der Waals surface area contributed by atoms with E-state index in [9.17, 15) is 9.59 Å². The SMILES string of the molecule is [2H]C([2H])([2H])Oc1cc(C)c2oc(COC(=O)Cc3ccn([C@@H]4O[C@@H]5CO[Si](C(C)C)(C(C)C)O[Si](C(C)C)(C(C)C)O[C@H]5C4(F)F)c(=O)n3)cc2c1. The number of furan rings is 1. The highest BCUT2D eigenvalue weighted by atomic mass is 28.5. The maximum absolute atomic E-state index is 16.4. The van der Waals surface area contributed by atoms with Crippen LogP contribution in [0.5, 0.6) is 5.75 Å². The number of benzene rings is 1. The number of nitrogens with zero attached hydrogens (tertiary/aromatic N) is 2. The highest BCUT2D eigenvalue weighted by Gasteiger charge is 2.67. The molecule has 270 valence electrons. The summed E-state index contributed by atoms with van der Waals surface area (Å²) in [5, 5.41) is 0.555. The molecule has 2 aliphatic heterocycles. The summed E-state index contributed by atoms with van der Waals surface area (Å²) in [5.74, 6) is -3.98. The smallest absolute Gasteiger partial charge is 0.350 e. The number of aryl methyl sites for hydroxylation is 1. The van der Waals surface area contributed by atoms with Gasteiger partial charge < -0.3 is 31.6 Å². The zero-order valence-electron chi connectivity index (χ0n) is 32.4. The molecule has 15 heteroatoms. The molecule has 2 fully saturated rings. The van der Waals surface area contributed by atoms with Gasteiger partial charge in [-0.15, -0.1) is 0 Å². The molecule has 49 heavy (non-hydrogen) atoms. The molecule has 2 saturated heterocycles. The van der Waals surface area contributed by atoms with E-state index in [0.717, 1.165) is 6.20 Å². The second kappa shape index (κ2) is 14.0. The number of rotatable bonds is 10. The van der Waals surface area contributed by atoms with Gasteiger partial charge in [0.05, 0.1) is 29.9 Å². The van der Waals surface area contributed by atoms with Crippen LogP contribution in [0.4, 0.5) is 8.78 Å². The van der Waals surface area contributed by atoms with E-state index >= 15 is 8.78 Å². The van der Waals surface area contributed by atoms with Crippen molar-refractivity contribution >= 4 is 34.1 Å². The molecular weight excluding hydrogens is 675 g/mol. The van der Waals surface area contributed by atoms with Crippen LogP contribution in [0.1, 0.15) is 82.7 Å². The Morgan fingerprint density at radius 2 is 1.76 bits per heavy atom. The quantitative estimate of drug-likeness (QED) is 0.158. The van der Waals surface area contributed by atoms with Gasteiger partial charge >= 0.3 is 34.7 Å². The summed E-state index contributed by atoms with van der Waals surface area (Å²) in [4.78, 5) is 29.8. The lowest BCUT2D eigenvalue weighted by molar-refractivity contribution is -0.144. The van der Waals surface area contributed by atoms with Crippen LogP contribution in [-0.2, 0) is 40.3 Å². The minimum absolute atomic E-state index is 0.00187. The summed E-state index contributed by atoms with van der Waals surface area (Å²) in [6.07, 6.45) is -4.23. The van der Waals surface area contributed by atoms with Crippen molar-refractivity contribution in [3.63, 3.8) is 0 Å². The van der Waals surface area contributed by atoms with E-state index in [1.165, 1.54) is 18.2 Å². The van der Waals surface area contributed by atoms with E-state index in [1.807, 2.05) is 55.4 Å². The molecule has 3 aromatic rings. The van der Waals surface area contributed by atoms with Gasteiger partial charge in [0.15, 0.2) is 0 Å². The molecular formula is C34H48F2N2O9Si2. The zero-order valence-corrected chi connectivity index (χ0v) is 31.4. The molecule has 0 spiro atoms. The molecule has 2 aromatic heterocycles. The Hall–Kier alpha value is -2.96. The van der Waals surface area contributed by atoms with Gasteiger partial charge in [-0.1, -0.05) is 55.4 Å². The summed E-state index contributed by atoms with van der Waals surface area (Å²) in [6.45, 7) is 17.1. The summed E-state index contributed by atoms with van der Waals surface area (Å²) in [5.41, 5.74) is -0.310.